The number of ether oxygens (including phenoxy) is 1. The Labute approximate surface area is 120 Å². The van der Waals surface area contributed by atoms with E-state index in [2.05, 4.69) is 4.72 Å². The molecule has 2 N–H and O–H groups in total. The summed E-state index contributed by atoms with van der Waals surface area (Å²) < 4.78 is 31.7. The minimum absolute atomic E-state index is 0.00525. The van der Waals surface area contributed by atoms with E-state index in [0.29, 0.717) is 19.4 Å². The lowest BCUT2D eigenvalue weighted by molar-refractivity contribution is -0.0228. The Morgan fingerprint density at radius 3 is 2.70 bits per heavy atom. The molecule has 0 spiro atoms. The van der Waals surface area contributed by atoms with Gasteiger partial charge < -0.3 is 9.84 Å². The molecule has 0 amide bonds. The molecule has 5 nitrogen and oxygen atoms in total. The van der Waals surface area contributed by atoms with Crippen LogP contribution in [-0.4, -0.2) is 44.1 Å². The Kier molecular flexibility index (Phi) is 4.80. The fourth-order valence-corrected chi connectivity index (χ4v) is 3.33. The summed E-state index contributed by atoms with van der Waals surface area (Å²) in [5, 5.41) is 10.3. The first-order valence-corrected chi connectivity index (χ1v) is 8.42. The number of aliphatic hydroxyl groups is 1. The van der Waals surface area contributed by atoms with Crippen LogP contribution in [0.4, 0.5) is 0 Å². The van der Waals surface area contributed by atoms with Crippen LogP contribution < -0.4 is 4.72 Å². The number of benzene rings is 1. The van der Waals surface area contributed by atoms with Gasteiger partial charge in [0.2, 0.25) is 10.0 Å². The van der Waals surface area contributed by atoms with Crippen molar-refractivity contribution in [2.24, 2.45) is 0 Å². The summed E-state index contributed by atoms with van der Waals surface area (Å²) in [5.41, 5.74) is -0.117. The van der Waals surface area contributed by atoms with Gasteiger partial charge in [-0.2, -0.15) is 0 Å². The highest BCUT2D eigenvalue weighted by atomic mass is 32.2. The Morgan fingerprint density at radius 2 is 2.10 bits per heavy atom. The van der Waals surface area contributed by atoms with E-state index in [1.165, 1.54) is 0 Å². The van der Waals surface area contributed by atoms with E-state index in [0.717, 1.165) is 5.56 Å². The van der Waals surface area contributed by atoms with Crippen LogP contribution in [-0.2, 0) is 21.2 Å². The Morgan fingerprint density at radius 1 is 1.40 bits per heavy atom. The van der Waals surface area contributed by atoms with E-state index in [9.17, 15) is 13.5 Å². The second kappa shape index (κ2) is 6.22. The van der Waals surface area contributed by atoms with Crippen molar-refractivity contribution in [2.75, 3.05) is 18.9 Å². The molecule has 112 valence electrons. The summed E-state index contributed by atoms with van der Waals surface area (Å²) in [7, 11) is -3.39. The maximum absolute atomic E-state index is 11.9. The maximum atomic E-state index is 11.9. The molecule has 1 heterocycles. The van der Waals surface area contributed by atoms with Crippen molar-refractivity contribution >= 4 is 10.0 Å². The zero-order valence-electron chi connectivity index (χ0n) is 11.6. The summed E-state index contributed by atoms with van der Waals surface area (Å²) in [4.78, 5) is 0. The summed E-state index contributed by atoms with van der Waals surface area (Å²) >= 11 is 0. The van der Waals surface area contributed by atoms with E-state index in [1.807, 2.05) is 30.3 Å². The Hall–Kier alpha value is -0.950. The Bertz CT molecular complexity index is 531. The van der Waals surface area contributed by atoms with Crippen LogP contribution in [0, 0.1) is 0 Å². The average molecular weight is 299 g/mol. The minimum atomic E-state index is -3.39. The topological polar surface area (TPSA) is 75.6 Å². The van der Waals surface area contributed by atoms with Crippen molar-refractivity contribution in [3.8, 4) is 0 Å². The lowest BCUT2D eigenvalue weighted by Gasteiger charge is -2.26. The second-order valence-corrected chi connectivity index (χ2v) is 7.17. The molecule has 2 atom stereocenters. The third kappa shape index (κ3) is 4.02. The van der Waals surface area contributed by atoms with Gasteiger partial charge in [0, 0.05) is 19.6 Å². The monoisotopic (exact) mass is 299 g/mol. The number of nitrogens with one attached hydrogen (secondary N) is 1. The van der Waals surface area contributed by atoms with E-state index in [4.69, 9.17) is 4.74 Å². The van der Waals surface area contributed by atoms with Crippen molar-refractivity contribution in [3.63, 3.8) is 0 Å². The van der Waals surface area contributed by atoms with Gasteiger partial charge in [-0.05, 0) is 18.9 Å². The lowest BCUT2D eigenvalue weighted by Crippen LogP contribution is -2.48. The van der Waals surface area contributed by atoms with Crippen LogP contribution >= 0.6 is 0 Å². The summed E-state index contributed by atoms with van der Waals surface area (Å²) in [6, 6.07) is 9.46. The van der Waals surface area contributed by atoms with Crippen LogP contribution in [0.1, 0.15) is 18.9 Å². The summed E-state index contributed by atoms with van der Waals surface area (Å²) in [5.74, 6) is 0.0162. The molecule has 1 aliphatic heterocycles. The van der Waals surface area contributed by atoms with Crippen LogP contribution in [0.15, 0.2) is 30.3 Å². The standard InChI is InChI=1S/C14H21NO4S/c1-12-14(16,8-9-19-12)11-15-20(17,18)10-7-13-5-3-2-4-6-13/h2-6,12,15-16H,7-11H2,1H3. The van der Waals surface area contributed by atoms with E-state index >= 15 is 0 Å². The van der Waals surface area contributed by atoms with Gasteiger partial charge in [0.15, 0.2) is 0 Å². The first kappa shape index (κ1) is 15.4. The second-order valence-electron chi connectivity index (χ2n) is 5.24. The van der Waals surface area contributed by atoms with Gasteiger partial charge in [0.05, 0.1) is 11.9 Å². The number of aryl methyl sites for hydroxylation is 1. The predicted octanol–water partition coefficient (Wildman–Crippen LogP) is 0.688. The smallest absolute Gasteiger partial charge is 0.212 e. The molecule has 2 rings (SSSR count). The van der Waals surface area contributed by atoms with Gasteiger partial charge in [0.1, 0.15) is 5.60 Å². The van der Waals surface area contributed by atoms with Gasteiger partial charge in [-0.15, -0.1) is 0 Å². The molecule has 0 saturated carbocycles. The Balaban J connectivity index is 1.85. The molecule has 1 fully saturated rings. The molecule has 1 aromatic rings. The molecule has 6 heteroatoms. The molecule has 0 bridgehead atoms. The zero-order valence-corrected chi connectivity index (χ0v) is 12.4. The first-order chi connectivity index (χ1) is 9.41. The number of hydrogen-bond acceptors (Lipinski definition) is 4. The highest BCUT2D eigenvalue weighted by Gasteiger charge is 2.40. The number of hydrogen-bond donors (Lipinski definition) is 2. The van der Waals surface area contributed by atoms with Crippen molar-refractivity contribution in [1.29, 1.82) is 0 Å². The first-order valence-electron chi connectivity index (χ1n) is 6.77. The van der Waals surface area contributed by atoms with Gasteiger partial charge >= 0.3 is 0 Å². The third-order valence-corrected chi connectivity index (χ3v) is 5.09. The average Bonchev–Trinajstić information content (AvgIpc) is 2.77. The van der Waals surface area contributed by atoms with Gasteiger partial charge in [0.25, 0.3) is 0 Å². The van der Waals surface area contributed by atoms with Crippen molar-refractivity contribution in [1.82, 2.24) is 4.72 Å². The normalized spacial score (nSPS) is 26.8. The van der Waals surface area contributed by atoms with Crippen LogP contribution in [0.2, 0.25) is 0 Å². The molecular formula is C14H21NO4S. The summed E-state index contributed by atoms with van der Waals surface area (Å²) in [6.45, 7) is 2.22. The minimum Gasteiger partial charge on any atom is -0.386 e. The molecule has 0 radical (unpaired) electrons. The molecular weight excluding hydrogens is 278 g/mol. The van der Waals surface area contributed by atoms with Crippen molar-refractivity contribution < 1.29 is 18.3 Å². The lowest BCUT2D eigenvalue weighted by atomic mass is 9.97. The highest BCUT2D eigenvalue weighted by Crippen LogP contribution is 2.24. The predicted molar refractivity (Wildman–Crippen MR) is 76.9 cm³/mol. The van der Waals surface area contributed by atoms with Crippen molar-refractivity contribution in [3.05, 3.63) is 35.9 Å². The van der Waals surface area contributed by atoms with Crippen LogP contribution in [0.5, 0.6) is 0 Å². The highest BCUT2D eigenvalue weighted by molar-refractivity contribution is 7.89. The molecule has 1 aliphatic rings. The van der Waals surface area contributed by atoms with Gasteiger partial charge in [-0.1, -0.05) is 30.3 Å². The quantitative estimate of drug-likeness (QED) is 0.810. The molecule has 1 saturated heterocycles. The largest absolute Gasteiger partial charge is 0.386 e. The molecule has 20 heavy (non-hydrogen) atoms. The van der Waals surface area contributed by atoms with Gasteiger partial charge in [-0.3, -0.25) is 0 Å². The molecule has 2 unspecified atom stereocenters. The fourth-order valence-electron chi connectivity index (χ4n) is 2.21. The number of rotatable bonds is 6. The van der Waals surface area contributed by atoms with Crippen molar-refractivity contribution in [2.45, 2.75) is 31.5 Å². The fraction of sp³-hybridized carbons (Fsp3) is 0.571. The molecule has 0 aromatic heterocycles. The molecule has 0 aliphatic carbocycles. The van der Waals surface area contributed by atoms with Crippen LogP contribution in [0.3, 0.4) is 0 Å². The maximum Gasteiger partial charge on any atom is 0.212 e. The SMILES string of the molecule is CC1OCCC1(O)CNS(=O)(=O)CCc1ccccc1. The third-order valence-electron chi connectivity index (χ3n) is 3.76. The van der Waals surface area contributed by atoms with Crippen LogP contribution in [0.25, 0.3) is 0 Å². The van der Waals surface area contributed by atoms with Gasteiger partial charge in [-0.25, -0.2) is 13.1 Å². The van der Waals surface area contributed by atoms with E-state index in [1.54, 1.807) is 6.92 Å². The molecule has 1 aromatic carbocycles. The summed E-state index contributed by atoms with van der Waals surface area (Å²) in [6.07, 6.45) is 0.565. The van der Waals surface area contributed by atoms with E-state index < -0.39 is 15.6 Å². The van der Waals surface area contributed by atoms with E-state index in [-0.39, 0.29) is 18.4 Å². The number of sulfonamides is 1. The zero-order chi connectivity index (χ0) is 14.6.